The topological polar surface area (TPSA) is 35.2 Å². The highest BCUT2D eigenvalue weighted by Gasteiger charge is 2.31. The number of thiophene rings is 1. The first-order valence-corrected chi connectivity index (χ1v) is 7.53. The maximum atomic E-state index is 6.21. The molecular weight excluding hydrogens is 286 g/mol. The third kappa shape index (κ3) is 2.86. The van der Waals surface area contributed by atoms with Crippen molar-refractivity contribution in [3.05, 3.63) is 20.8 Å². The van der Waals surface area contributed by atoms with Gasteiger partial charge >= 0.3 is 0 Å². The monoisotopic (exact) mass is 303 g/mol. The van der Waals surface area contributed by atoms with Gasteiger partial charge in [-0.1, -0.05) is 0 Å². The zero-order chi connectivity index (χ0) is 11.5. The van der Waals surface area contributed by atoms with Crippen LogP contribution in [-0.2, 0) is 4.74 Å². The van der Waals surface area contributed by atoms with Crippen LogP contribution in [0.3, 0.4) is 0 Å². The van der Waals surface area contributed by atoms with Gasteiger partial charge in [-0.25, -0.2) is 0 Å². The molecule has 16 heavy (non-hydrogen) atoms. The maximum absolute atomic E-state index is 6.21. The molecular formula is C12H18BrNOS. The summed E-state index contributed by atoms with van der Waals surface area (Å²) in [5.41, 5.74) is 7.46. The van der Waals surface area contributed by atoms with E-state index >= 15 is 0 Å². The van der Waals surface area contributed by atoms with E-state index in [2.05, 4.69) is 33.6 Å². The Morgan fingerprint density at radius 2 is 2.31 bits per heavy atom. The fourth-order valence-corrected chi connectivity index (χ4v) is 3.94. The van der Waals surface area contributed by atoms with Crippen molar-refractivity contribution in [3.8, 4) is 0 Å². The first kappa shape index (κ1) is 12.6. The second kappa shape index (κ2) is 5.63. The van der Waals surface area contributed by atoms with E-state index in [1.54, 1.807) is 11.3 Å². The Balaban J connectivity index is 1.77. The van der Waals surface area contributed by atoms with Crippen LogP contribution in [0.2, 0.25) is 0 Å². The molecule has 0 bridgehead atoms. The van der Waals surface area contributed by atoms with Gasteiger partial charge in [-0.3, -0.25) is 0 Å². The molecule has 2 rings (SSSR count). The van der Waals surface area contributed by atoms with Crippen LogP contribution in [0.1, 0.15) is 37.8 Å². The molecule has 1 heterocycles. The average Bonchev–Trinajstić information content (AvgIpc) is 2.61. The molecule has 1 aliphatic carbocycles. The lowest BCUT2D eigenvalue weighted by Crippen LogP contribution is -2.33. The highest BCUT2D eigenvalue weighted by Crippen LogP contribution is 2.38. The third-order valence-corrected chi connectivity index (χ3v) is 4.98. The number of hydrogen-bond donors (Lipinski definition) is 1. The van der Waals surface area contributed by atoms with Crippen LogP contribution in [-0.4, -0.2) is 12.7 Å². The molecule has 1 atom stereocenters. The Labute approximate surface area is 109 Å². The van der Waals surface area contributed by atoms with E-state index in [1.807, 2.05) is 0 Å². The summed E-state index contributed by atoms with van der Waals surface area (Å²) in [4.78, 5) is 0. The van der Waals surface area contributed by atoms with Crippen molar-refractivity contribution >= 4 is 27.3 Å². The number of ether oxygens (including phenoxy) is 1. The van der Waals surface area contributed by atoms with Crippen molar-refractivity contribution < 1.29 is 4.74 Å². The molecule has 1 aliphatic rings. The lowest BCUT2D eigenvalue weighted by Gasteiger charge is -2.36. The molecule has 0 aromatic carbocycles. The van der Waals surface area contributed by atoms with Gasteiger partial charge in [-0.2, -0.15) is 11.3 Å². The van der Waals surface area contributed by atoms with Crippen LogP contribution >= 0.6 is 27.3 Å². The molecule has 0 saturated heterocycles. The quantitative estimate of drug-likeness (QED) is 0.900. The third-order valence-electron chi connectivity index (χ3n) is 3.22. The van der Waals surface area contributed by atoms with Crippen LogP contribution in [0, 0.1) is 5.92 Å². The van der Waals surface area contributed by atoms with Crippen molar-refractivity contribution in [3.63, 3.8) is 0 Å². The van der Waals surface area contributed by atoms with Gasteiger partial charge < -0.3 is 10.5 Å². The largest absolute Gasteiger partial charge is 0.378 e. The van der Waals surface area contributed by atoms with Gasteiger partial charge in [0.15, 0.2) is 0 Å². The van der Waals surface area contributed by atoms with E-state index in [0.717, 1.165) is 23.4 Å². The van der Waals surface area contributed by atoms with E-state index in [-0.39, 0.29) is 6.04 Å². The Bertz CT molecular complexity index is 336. The van der Waals surface area contributed by atoms with Gasteiger partial charge in [0.1, 0.15) is 0 Å². The van der Waals surface area contributed by atoms with E-state index in [9.17, 15) is 0 Å². The predicted octanol–water partition coefficient (Wildman–Crippen LogP) is 3.72. The molecule has 4 heteroatoms. The number of halogens is 1. The van der Waals surface area contributed by atoms with Crippen LogP contribution < -0.4 is 5.73 Å². The Kier molecular flexibility index (Phi) is 4.41. The fraction of sp³-hybridized carbons (Fsp3) is 0.667. The smallest absolute Gasteiger partial charge is 0.0580 e. The highest BCUT2D eigenvalue weighted by molar-refractivity contribution is 9.10. The summed E-state index contributed by atoms with van der Waals surface area (Å²) in [7, 11) is 0. The van der Waals surface area contributed by atoms with Crippen LogP contribution in [0.5, 0.6) is 0 Å². The van der Waals surface area contributed by atoms with E-state index in [0.29, 0.717) is 6.10 Å². The maximum Gasteiger partial charge on any atom is 0.0580 e. The normalized spacial score (nSPS) is 26.4. The highest BCUT2D eigenvalue weighted by atomic mass is 79.9. The lowest BCUT2D eigenvalue weighted by molar-refractivity contribution is -0.0282. The number of hydrogen-bond acceptors (Lipinski definition) is 3. The molecule has 2 nitrogen and oxygen atoms in total. The summed E-state index contributed by atoms with van der Waals surface area (Å²) in [5, 5.41) is 4.24. The van der Waals surface area contributed by atoms with Crippen molar-refractivity contribution in [1.82, 2.24) is 0 Å². The molecule has 2 N–H and O–H groups in total. The molecule has 1 aromatic rings. The van der Waals surface area contributed by atoms with E-state index < -0.39 is 0 Å². The zero-order valence-corrected chi connectivity index (χ0v) is 11.9. The average molecular weight is 304 g/mol. The Morgan fingerprint density at radius 3 is 2.88 bits per heavy atom. The van der Waals surface area contributed by atoms with E-state index in [4.69, 9.17) is 10.5 Å². The summed E-state index contributed by atoms with van der Waals surface area (Å²) < 4.78 is 6.71. The Hall–Kier alpha value is 0.100. The van der Waals surface area contributed by atoms with Crippen LogP contribution in [0.4, 0.5) is 0 Å². The van der Waals surface area contributed by atoms with Crippen molar-refractivity contribution in [2.24, 2.45) is 11.7 Å². The van der Waals surface area contributed by atoms with Gasteiger partial charge in [-0.15, -0.1) is 0 Å². The first-order valence-electron chi connectivity index (χ1n) is 5.79. The molecule has 0 spiro atoms. The zero-order valence-electron chi connectivity index (χ0n) is 9.49. The summed E-state index contributed by atoms with van der Waals surface area (Å²) in [6.07, 6.45) is 3.94. The predicted molar refractivity (Wildman–Crippen MR) is 71.7 cm³/mol. The van der Waals surface area contributed by atoms with Crippen molar-refractivity contribution in [2.75, 3.05) is 6.61 Å². The fourth-order valence-electron chi connectivity index (χ4n) is 2.28. The summed E-state index contributed by atoms with van der Waals surface area (Å²) in [6.45, 7) is 2.89. The van der Waals surface area contributed by atoms with Gasteiger partial charge in [0.2, 0.25) is 0 Å². The second-order valence-electron chi connectivity index (χ2n) is 4.43. The number of nitrogens with two attached hydrogens (primary N) is 1. The van der Waals surface area contributed by atoms with Crippen LogP contribution in [0.25, 0.3) is 0 Å². The first-order chi connectivity index (χ1) is 7.70. The summed E-state index contributed by atoms with van der Waals surface area (Å²) in [5.74, 6) is 0.748. The molecule has 1 saturated carbocycles. The Morgan fingerprint density at radius 1 is 1.56 bits per heavy atom. The SMILES string of the molecule is CCOC1CC(CC(N)c2cscc2Br)C1. The molecule has 0 aliphatic heterocycles. The second-order valence-corrected chi connectivity index (χ2v) is 6.03. The lowest BCUT2D eigenvalue weighted by atomic mass is 9.77. The molecule has 0 amide bonds. The molecule has 1 unspecified atom stereocenters. The molecule has 1 fully saturated rings. The van der Waals surface area contributed by atoms with E-state index in [1.165, 1.54) is 18.4 Å². The van der Waals surface area contributed by atoms with Crippen LogP contribution in [0.15, 0.2) is 15.2 Å². The minimum atomic E-state index is 0.174. The minimum absolute atomic E-state index is 0.174. The molecule has 90 valence electrons. The molecule has 1 aromatic heterocycles. The summed E-state index contributed by atoms with van der Waals surface area (Å²) in [6, 6.07) is 0.174. The molecule has 0 radical (unpaired) electrons. The van der Waals surface area contributed by atoms with Gasteiger partial charge in [0.05, 0.1) is 6.10 Å². The van der Waals surface area contributed by atoms with Crippen molar-refractivity contribution in [1.29, 1.82) is 0 Å². The summed E-state index contributed by atoms with van der Waals surface area (Å²) >= 11 is 5.24. The van der Waals surface area contributed by atoms with Gasteiger partial charge in [-0.05, 0) is 59.0 Å². The van der Waals surface area contributed by atoms with Gasteiger partial charge in [0, 0.05) is 22.5 Å². The standard InChI is InChI=1S/C12H18BrNOS/c1-2-15-9-3-8(4-9)5-12(14)10-6-16-7-11(10)13/h6-9,12H,2-5,14H2,1H3. The minimum Gasteiger partial charge on any atom is -0.378 e. The number of rotatable bonds is 5. The van der Waals surface area contributed by atoms with Gasteiger partial charge in [0.25, 0.3) is 0 Å². The van der Waals surface area contributed by atoms with Crippen molar-refractivity contribution in [2.45, 2.75) is 38.3 Å².